The molecule has 0 radical (unpaired) electrons. The van der Waals surface area contributed by atoms with Crippen molar-refractivity contribution in [3.05, 3.63) is 63.9 Å². The van der Waals surface area contributed by atoms with Crippen molar-refractivity contribution < 1.29 is 4.79 Å². The second kappa shape index (κ2) is 7.13. The number of likely N-dealkylation sites (N-methyl/N-ethyl adjacent to an activating group) is 1. The van der Waals surface area contributed by atoms with Gasteiger partial charge in [-0.1, -0.05) is 23.7 Å². The number of likely N-dealkylation sites (tertiary alicyclic amines) is 1. The maximum Gasteiger partial charge on any atom is 0.146 e. The molecule has 1 saturated heterocycles. The number of pyridine rings is 1. The summed E-state index contributed by atoms with van der Waals surface area (Å²) in [7, 11) is 2.06. The normalized spacial score (nSPS) is 25.9. The third kappa shape index (κ3) is 3.19. The Balaban J connectivity index is 1.80. The molecule has 1 aliphatic heterocycles. The predicted molar refractivity (Wildman–Crippen MR) is 105 cm³/mol. The number of ketones is 1. The van der Waals surface area contributed by atoms with Gasteiger partial charge in [-0.2, -0.15) is 0 Å². The van der Waals surface area contributed by atoms with Crippen molar-refractivity contribution >= 4 is 17.4 Å². The molecule has 1 unspecified atom stereocenters. The first-order valence-corrected chi connectivity index (χ1v) is 9.85. The van der Waals surface area contributed by atoms with Crippen molar-refractivity contribution in [2.75, 3.05) is 13.6 Å². The summed E-state index contributed by atoms with van der Waals surface area (Å²) in [6.07, 6.45) is 5.88. The number of benzene rings is 1. The summed E-state index contributed by atoms with van der Waals surface area (Å²) in [5, 5.41) is 0.798. The molecule has 0 bridgehead atoms. The van der Waals surface area contributed by atoms with Gasteiger partial charge in [0.2, 0.25) is 0 Å². The molecule has 3 atom stereocenters. The number of rotatable bonds is 2. The molecule has 4 rings (SSSR count). The number of halogens is 1. The van der Waals surface area contributed by atoms with Crippen LogP contribution in [0.15, 0.2) is 36.5 Å². The van der Waals surface area contributed by atoms with Gasteiger partial charge in [0.25, 0.3) is 0 Å². The maximum atomic E-state index is 12.2. The zero-order chi connectivity index (χ0) is 18.3. The second-order valence-corrected chi connectivity index (χ2v) is 8.20. The zero-order valence-electron chi connectivity index (χ0n) is 15.4. The van der Waals surface area contributed by atoms with Crippen LogP contribution in [-0.2, 0) is 17.6 Å². The Hall–Kier alpha value is -1.71. The van der Waals surface area contributed by atoms with Crippen LogP contribution in [-0.4, -0.2) is 35.3 Å². The van der Waals surface area contributed by atoms with E-state index in [-0.39, 0.29) is 17.7 Å². The van der Waals surface area contributed by atoms with Crippen molar-refractivity contribution in [1.82, 2.24) is 9.88 Å². The summed E-state index contributed by atoms with van der Waals surface area (Å²) in [4.78, 5) is 19.2. The SMILES string of the molecule is CC(=O)[C@H]1CC([C@@H]2c3ccc(Cl)cc3CCc3cccnc32)CCN1C. The minimum atomic E-state index is 0.0138. The predicted octanol–water partition coefficient (Wildman–Crippen LogP) is 4.26. The van der Waals surface area contributed by atoms with Gasteiger partial charge in [0.05, 0.1) is 11.7 Å². The van der Waals surface area contributed by atoms with Gasteiger partial charge in [-0.3, -0.25) is 14.7 Å². The van der Waals surface area contributed by atoms with Gasteiger partial charge in [0.15, 0.2) is 0 Å². The molecule has 2 aliphatic rings. The Labute approximate surface area is 160 Å². The molecule has 1 aliphatic carbocycles. The van der Waals surface area contributed by atoms with Gasteiger partial charge in [0.1, 0.15) is 5.78 Å². The first kappa shape index (κ1) is 17.7. The third-order valence-corrected chi connectivity index (χ3v) is 6.41. The summed E-state index contributed by atoms with van der Waals surface area (Å²) in [6.45, 7) is 2.67. The average Bonchev–Trinajstić information content (AvgIpc) is 2.79. The Kier molecular flexibility index (Phi) is 4.85. The monoisotopic (exact) mass is 368 g/mol. The summed E-state index contributed by atoms with van der Waals surface area (Å²) in [5.41, 5.74) is 5.22. The number of Topliss-reactive ketones (excluding diaryl/α,β-unsaturated/α-hetero) is 1. The molecule has 3 nitrogen and oxygen atoms in total. The van der Waals surface area contributed by atoms with Crippen LogP contribution in [0, 0.1) is 5.92 Å². The van der Waals surface area contributed by atoms with Crippen molar-refractivity contribution in [1.29, 1.82) is 0 Å². The molecular weight excluding hydrogens is 344 g/mol. The maximum absolute atomic E-state index is 12.2. The minimum Gasteiger partial charge on any atom is -0.298 e. The quantitative estimate of drug-likeness (QED) is 0.793. The number of nitrogens with zero attached hydrogens (tertiary/aromatic N) is 2. The second-order valence-electron chi connectivity index (χ2n) is 7.76. The van der Waals surface area contributed by atoms with E-state index in [1.165, 1.54) is 22.4 Å². The van der Waals surface area contributed by atoms with Gasteiger partial charge in [-0.05, 0) is 87.0 Å². The lowest BCUT2D eigenvalue weighted by Crippen LogP contribution is -2.45. The number of hydrogen-bond donors (Lipinski definition) is 0. The fourth-order valence-electron chi connectivity index (χ4n) is 4.82. The zero-order valence-corrected chi connectivity index (χ0v) is 16.2. The van der Waals surface area contributed by atoms with Crippen LogP contribution >= 0.6 is 11.6 Å². The Morgan fingerprint density at radius 2 is 2.04 bits per heavy atom. The van der Waals surface area contributed by atoms with Crippen molar-refractivity contribution in [3.63, 3.8) is 0 Å². The molecule has 1 aromatic heterocycles. The summed E-state index contributed by atoms with van der Waals surface area (Å²) in [6, 6.07) is 10.6. The van der Waals surface area contributed by atoms with Crippen LogP contribution < -0.4 is 0 Å². The van der Waals surface area contributed by atoms with Crippen molar-refractivity contribution in [2.24, 2.45) is 5.92 Å². The number of aromatic nitrogens is 1. The number of carbonyl (C=O) groups is 1. The molecule has 1 fully saturated rings. The van der Waals surface area contributed by atoms with Crippen LogP contribution in [0.2, 0.25) is 5.02 Å². The summed E-state index contributed by atoms with van der Waals surface area (Å²) < 4.78 is 0. The third-order valence-electron chi connectivity index (χ3n) is 6.18. The highest BCUT2D eigenvalue weighted by Gasteiger charge is 2.37. The highest BCUT2D eigenvalue weighted by Crippen LogP contribution is 2.43. The van der Waals surface area contributed by atoms with Gasteiger partial charge >= 0.3 is 0 Å². The van der Waals surface area contributed by atoms with E-state index < -0.39 is 0 Å². The highest BCUT2D eigenvalue weighted by atomic mass is 35.5. The van der Waals surface area contributed by atoms with E-state index in [2.05, 4.69) is 30.1 Å². The van der Waals surface area contributed by atoms with E-state index in [9.17, 15) is 4.79 Å². The smallest absolute Gasteiger partial charge is 0.146 e. The van der Waals surface area contributed by atoms with E-state index in [0.717, 1.165) is 37.3 Å². The number of carbonyl (C=O) groups excluding carboxylic acids is 1. The van der Waals surface area contributed by atoms with Crippen LogP contribution in [0.5, 0.6) is 0 Å². The molecule has 26 heavy (non-hydrogen) atoms. The molecule has 0 spiro atoms. The molecular formula is C22H25ClN2O. The lowest BCUT2D eigenvalue weighted by atomic mass is 9.74. The van der Waals surface area contributed by atoms with E-state index >= 15 is 0 Å². The average molecular weight is 369 g/mol. The molecule has 4 heteroatoms. The number of hydrogen-bond acceptors (Lipinski definition) is 3. The lowest BCUT2D eigenvalue weighted by Gasteiger charge is -2.39. The standard InChI is InChI=1S/C22H25ClN2O/c1-14(26)20-13-17(9-11-25(20)2)21-19-8-7-18(23)12-16(19)6-5-15-4-3-10-24-22(15)21/h3-4,7-8,10,12,17,20-21H,5-6,9,11,13H2,1-2H3/t17?,20-,21-/m1/s1. The van der Waals surface area contributed by atoms with Gasteiger partial charge in [0, 0.05) is 17.1 Å². The summed E-state index contributed by atoms with van der Waals surface area (Å²) >= 11 is 6.29. The summed E-state index contributed by atoms with van der Waals surface area (Å²) in [5.74, 6) is 0.937. The Bertz CT molecular complexity index is 835. The van der Waals surface area contributed by atoms with Gasteiger partial charge < -0.3 is 0 Å². The molecule has 136 valence electrons. The lowest BCUT2D eigenvalue weighted by molar-refractivity contribution is -0.123. The van der Waals surface area contributed by atoms with Crippen LogP contribution in [0.25, 0.3) is 0 Å². The number of piperidine rings is 1. The van der Waals surface area contributed by atoms with Crippen LogP contribution in [0.3, 0.4) is 0 Å². The van der Waals surface area contributed by atoms with Crippen molar-refractivity contribution in [2.45, 2.75) is 44.6 Å². The van der Waals surface area contributed by atoms with E-state index in [0.29, 0.717) is 5.92 Å². The van der Waals surface area contributed by atoms with Gasteiger partial charge in [-0.15, -0.1) is 0 Å². The molecule has 0 N–H and O–H groups in total. The van der Waals surface area contributed by atoms with E-state index in [1.807, 2.05) is 18.3 Å². The van der Waals surface area contributed by atoms with Crippen LogP contribution in [0.1, 0.15) is 48.1 Å². The largest absolute Gasteiger partial charge is 0.298 e. The molecule has 0 amide bonds. The van der Waals surface area contributed by atoms with E-state index in [1.54, 1.807) is 6.92 Å². The minimum absolute atomic E-state index is 0.0138. The number of fused-ring (bicyclic) bond motifs is 2. The fraction of sp³-hybridized carbons (Fsp3) is 0.455. The van der Waals surface area contributed by atoms with Gasteiger partial charge in [-0.25, -0.2) is 0 Å². The molecule has 1 aromatic carbocycles. The highest BCUT2D eigenvalue weighted by molar-refractivity contribution is 6.30. The first-order chi connectivity index (χ1) is 12.5. The molecule has 0 saturated carbocycles. The number of aryl methyl sites for hydroxylation is 2. The topological polar surface area (TPSA) is 33.2 Å². The Morgan fingerprint density at radius 3 is 2.85 bits per heavy atom. The molecule has 2 heterocycles. The fourth-order valence-corrected chi connectivity index (χ4v) is 5.01. The molecule has 2 aromatic rings. The Morgan fingerprint density at radius 1 is 1.23 bits per heavy atom. The van der Waals surface area contributed by atoms with E-state index in [4.69, 9.17) is 16.6 Å². The first-order valence-electron chi connectivity index (χ1n) is 9.47. The van der Waals surface area contributed by atoms with Crippen LogP contribution in [0.4, 0.5) is 0 Å². The van der Waals surface area contributed by atoms with Crippen molar-refractivity contribution in [3.8, 4) is 0 Å².